The Bertz CT molecular complexity index is 987. The summed E-state index contributed by atoms with van der Waals surface area (Å²) in [6.45, 7) is 6.84. The number of aromatic nitrogens is 2. The van der Waals surface area contributed by atoms with Gasteiger partial charge in [-0.05, 0) is 37.6 Å². The number of methoxy groups -OCH3 is 1. The van der Waals surface area contributed by atoms with Crippen LogP contribution in [0.4, 0.5) is 5.69 Å². The van der Waals surface area contributed by atoms with E-state index in [-0.39, 0.29) is 5.91 Å². The van der Waals surface area contributed by atoms with E-state index in [0.29, 0.717) is 18.8 Å². The quantitative estimate of drug-likeness (QED) is 0.717. The van der Waals surface area contributed by atoms with Crippen LogP contribution in [0.1, 0.15) is 21.7 Å². The highest BCUT2D eigenvalue weighted by molar-refractivity contribution is 5.95. The number of nitrogens with zero attached hydrogens (tertiary/aromatic N) is 4. The highest BCUT2D eigenvalue weighted by Crippen LogP contribution is 2.28. The molecule has 0 atom stereocenters. The summed E-state index contributed by atoms with van der Waals surface area (Å²) in [6, 6.07) is 12.0. The number of carbonyl (C=O) groups is 1. The first kappa shape index (κ1) is 17.4. The number of fused-ring (bicyclic) bond motifs is 1. The number of piperazine rings is 1. The fourth-order valence-corrected chi connectivity index (χ4v) is 3.72. The van der Waals surface area contributed by atoms with Gasteiger partial charge in [-0.25, -0.2) is 4.98 Å². The van der Waals surface area contributed by atoms with Gasteiger partial charge in [0.05, 0.1) is 18.5 Å². The monoisotopic (exact) mass is 364 g/mol. The summed E-state index contributed by atoms with van der Waals surface area (Å²) in [5, 5.41) is 0. The second kappa shape index (κ2) is 6.95. The summed E-state index contributed by atoms with van der Waals surface area (Å²) < 4.78 is 7.39. The lowest BCUT2D eigenvalue weighted by atomic mass is 10.2. The lowest BCUT2D eigenvalue weighted by Gasteiger charge is -2.36. The van der Waals surface area contributed by atoms with Crippen molar-refractivity contribution >= 4 is 17.2 Å². The summed E-state index contributed by atoms with van der Waals surface area (Å²) in [7, 11) is 1.69. The zero-order valence-electron chi connectivity index (χ0n) is 16.0. The van der Waals surface area contributed by atoms with Gasteiger partial charge in [0.15, 0.2) is 0 Å². The predicted octanol–water partition coefficient (Wildman–Crippen LogP) is 2.92. The van der Waals surface area contributed by atoms with Crippen molar-refractivity contribution in [1.29, 1.82) is 0 Å². The van der Waals surface area contributed by atoms with E-state index in [1.165, 1.54) is 0 Å². The molecule has 1 aliphatic rings. The molecule has 0 radical (unpaired) electrons. The van der Waals surface area contributed by atoms with E-state index in [9.17, 15) is 4.79 Å². The van der Waals surface area contributed by atoms with Crippen molar-refractivity contribution in [2.75, 3.05) is 38.2 Å². The minimum absolute atomic E-state index is 0.0466. The van der Waals surface area contributed by atoms with E-state index in [1.54, 1.807) is 7.11 Å². The smallest absolute Gasteiger partial charge is 0.272 e. The van der Waals surface area contributed by atoms with Gasteiger partial charge in [-0.15, -0.1) is 0 Å². The topological polar surface area (TPSA) is 50.1 Å². The number of carbonyl (C=O) groups excluding carboxylic acids is 1. The number of rotatable bonds is 3. The molecule has 1 amide bonds. The van der Waals surface area contributed by atoms with Crippen molar-refractivity contribution in [3.8, 4) is 5.75 Å². The van der Waals surface area contributed by atoms with Gasteiger partial charge in [-0.1, -0.05) is 18.2 Å². The summed E-state index contributed by atoms with van der Waals surface area (Å²) in [5.41, 5.74) is 4.44. The van der Waals surface area contributed by atoms with Crippen LogP contribution in [-0.2, 0) is 0 Å². The third-order valence-electron chi connectivity index (χ3n) is 5.14. The molecule has 1 aromatic carbocycles. The van der Waals surface area contributed by atoms with Crippen LogP contribution in [0, 0.1) is 13.8 Å². The Morgan fingerprint density at radius 2 is 1.78 bits per heavy atom. The second-order valence-corrected chi connectivity index (χ2v) is 6.93. The molecule has 140 valence electrons. The maximum Gasteiger partial charge on any atom is 0.272 e. The third kappa shape index (κ3) is 3.12. The Morgan fingerprint density at radius 1 is 1.04 bits per heavy atom. The number of anilines is 1. The number of hydrogen-bond donors (Lipinski definition) is 0. The summed E-state index contributed by atoms with van der Waals surface area (Å²) in [4.78, 5) is 21.9. The first-order chi connectivity index (χ1) is 13.1. The van der Waals surface area contributed by atoms with Crippen LogP contribution in [0.15, 0.2) is 42.6 Å². The summed E-state index contributed by atoms with van der Waals surface area (Å²) in [5.74, 6) is 0.913. The average Bonchev–Trinajstić information content (AvgIpc) is 3.02. The Morgan fingerprint density at radius 3 is 2.52 bits per heavy atom. The van der Waals surface area contributed by atoms with E-state index in [0.717, 1.165) is 41.4 Å². The summed E-state index contributed by atoms with van der Waals surface area (Å²) >= 11 is 0. The maximum absolute atomic E-state index is 13.2. The molecule has 0 unspecified atom stereocenters. The van der Waals surface area contributed by atoms with Gasteiger partial charge in [0.1, 0.15) is 17.1 Å². The normalized spacial score (nSPS) is 14.6. The van der Waals surface area contributed by atoms with Crippen LogP contribution in [0.2, 0.25) is 0 Å². The Labute approximate surface area is 159 Å². The molecule has 3 aromatic rings. The van der Waals surface area contributed by atoms with Crippen LogP contribution in [0.5, 0.6) is 5.75 Å². The lowest BCUT2D eigenvalue weighted by molar-refractivity contribution is 0.0739. The van der Waals surface area contributed by atoms with Crippen molar-refractivity contribution in [1.82, 2.24) is 14.3 Å². The van der Waals surface area contributed by atoms with Gasteiger partial charge >= 0.3 is 0 Å². The van der Waals surface area contributed by atoms with E-state index in [4.69, 9.17) is 4.74 Å². The fraction of sp³-hybridized carbons (Fsp3) is 0.333. The van der Waals surface area contributed by atoms with Gasteiger partial charge in [0.25, 0.3) is 5.91 Å². The minimum Gasteiger partial charge on any atom is -0.495 e. The highest BCUT2D eigenvalue weighted by atomic mass is 16.5. The molecule has 27 heavy (non-hydrogen) atoms. The van der Waals surface area contributed by atoms with Gasteiger partial charge in [0.2, 0.25) is 0 Å². The van der Waals surface area contributed by atoms with Crippen LogP contribution >= 0.6 is 0 Å². The first-order valence-corrected chi connectivity index (χ1v) is 9.21. The minimum atomic E-state index is 0.0466. The molecule has 0 saturated carbocycles. The van der Waals surface area contributed by atoms with Gasteiger partial charge in [0, 0.05) is 32.4 Å². The van der Waals surface area contributed by atoms with Gasteiger partial charge in [-0.3, -0.25) is 9.20 Å². The van der Waals surface area contributed by atoms with E-state index < -0.39 is 0 Å². The van der Waals surface area contributed by atoms with Crippen molar-refractivity contribution in [2.24, 2.45) is 0 Å². The first-order valence-electron chi connectivity index (χ1n) is 9.21. The second-order valence-electron chi connectivity index (χ2n) is 6.93. The molecular weight excluding hydrogens is 340 g/mol. The number of ether oxygens (including phenoxy) is 1. The number of aryl methyl sites for hydroxylation is 2. The molecule has 2 aromatic heterocycles. The van der Waals surface area contributed by atoms with Crippen LogP contribution in [0.3, 0.4) is 0 Å². The number of pyridine rings is 1. The lowest BCUT2D eigenvalue weighted by Crippen LogP contribution is -2.49. The maximum atomic E-state index is 13.2. The van der Waals surface area contributed by atoms with Crippen LogP contribution < -0.4 is 9.64 Å². The molecule has 0 N–H and O–H groups in total. The van der Waals surface area contributed by atoms with E-state index in [1.807, 2.05) is 59.7 Å². The molecule has 6 heteroatoms. The molecule has 0 bridgehead atoms. The Kier molecular flexibility index (Phi) is 4.48. The molecule has 0 spiro atoms. The van der Waals surface area contributed by atoms with Crippen LogP contribution in [-0.4, -0.2) is 53.5 Å². The number of amides is 1. The van der Waals surface area contributed by atoms with Crippen molar-refractivity contribution in [3.63, 3.8) is 0 Å². The number of hydrogen-bond acceptors (Lipinski definition) is 4. The zero-order chi connectivity index (χ0) is 19.0. The number of imidazole rings is 1. The predicted molar refractivity (Wildman–Crippen MR) is 106 cm³/mol. The molecule has 1 fully saturated rings. The van der Waals surface area contributed by atoms with Crippen molar-refractivity contribution in [3.05, 3.63) is 59.5 Å². The van der Waals surface area contributed by atoms with E-state index >= 15 is 0 Å². The molecule has 4 rings (SSSR count). The molecule has 3 heterocycles. The Hall–Kier alpha value is -3.02. The standard InChI is InChI=1S/C21H24N4O2/c1-15-8-9-19-22-16(2)20(25(19)14-15)21(26)24-12-10-23(11-13-24)17-6-4-5-7-18(17)27-3/h4-9,14H,10-13H2,1-3H3. The van der Waals surface area contributed by atoms with Gasteiger partial charge in [-0.2, -0.15) is 0 Å². The molecular formula is C21H24N4O2. The number of para-hydroxylation sites is 2. The molecule has 6 nitrogen and oxygen atoms in total. The SMILES string of the molecule is COc1ccccc1N1CCN(C(=O)c2c(C)nc3ccc(C)cn23)CC1. The third-order valence-corrected chi connectivity index (χ3v) is 5.14. The fourth-order valence-electron chi connectivity index (χ4n) is 3.72. The summed E-state index contributed by atoms with van der Waals surface area (Å²) in [6.07, 6.45) is 1.98. The van der Waals surface area contributed by atoms with Crippen molar-refractivity contribution in [2.45, 2.75) is 13.8 Å². The van der Waals surface area contributed by atoms with Gasteiger partial charge < -0.3 is 14.5 Å². The molecule has 1 aliphatic heterocycles. The number of benzene rings is 1. The Balaban J connectivity index is 1.54. The molecule has 0 aliphatic carbocycles. The molecule has 1 saturated heterocycles. The van der Waals surface area contributed by atoms with Crippen molar-refractivity contribution < 1.29 is 9.53 Å². The largest absolute Gasteiger partial charge is 0.495 e. The highest BCUT2D eigenvalue weighted by Gasteiger charge is 2.27. The zero-order valence-corrected chi connectivity index (χ0v) is 16.0. The van der Waals surface area contributed by atoms with E-state index in [2.05, 4.69) is 16.0 Å². The average molecular weight is 364 g/mol. The van der Waals surface area contributed by atoms with Crippen LogP contribution in [0.25, 0.3) is 5.65 Å².